The molecular formula is C6H9F3N2O3. The van der Waals surface area contributed by atoms with Crippen LogP contribution in [0.1, 0.15) is 0 Å². The number of halogens is 3. The van der Waals surface area contributed by atoms with E-state index in [1.165, 1.54) is 0 Å². The maximum atomic E-state index is 10.6. The standard InChI is InChI=1S/C4H8N2O.C2HF3O2/c5-4(7)3-1-6-2-3;3-2(4,5)1(6)7/h3,6H,1-2H2,(H2,5,7);(H,6,7). The minimum Gasteiger partial charge on any atom is -0.475 e. The number of nitrogens with two attached hydrogens (primary N) is 1. The molecule has 0 aromatic heterocycles. The summed E-state index contributed by atoms with van der Waals surface area (Å²) in [5.41, 5.74) is 4.92. The fraction of sp³-hybridized carbons (Fsp3) is 0.667. The first-order valence-corrected chi connectivity index (χ1v) is 3.55. The Morgan fingerprint density at radius 3 is 1.71 bits per heavy atom. The number of carbonyl (C=O) groups is 2. The molecule has 1 saturated heterocycles. The molecule has 0 bridgehead atoms. The van der Waals surface area contributed by atoms with Gasteiger partial charge >= 0.3 is 12.1 Å². The van der Waals surface area contributed by atoms with Crippen LogP contribution < -0.4 is 11.1 Å². The van der Waals surface area contributed by atoms with Crippen molar-refractivity contribution in [2.75, 3.05) is 13.1 Å². The zero-order valence-corrected chi connectivity index (χ0v) is 6.97. The molecule has 0 spiro atoms. The van der Waals surface area contributed by atoms with Gasteiger partial charge in [0.15, 0.2) is 0 Å². The SMILES string of the molecule is NC(=O)C1CNC1.O=C(O)C(F)(F)F. The van der Waals surface area contributed by atoms with Crippen LogP contribution in [0.3, 0.4) is 0 Å². The van der Waals surface area contributed by atoms with E-state index in [-0.39, 0.29) is 11.8 Å². The topological polar surface area (TPSA) is 92.4 Å². The maximum Gasteiger partial charge on any atom is 0.490 e. The van der Waals surface area contributed by atoms with Crippen LogP contribution in [0.2, 0.25) is 0 Å². The summed E-state index contributed by atoms with van der Waals surface area (Å²) in [7, 11) is 0. The van der Waals surface area contributed by atoms with E-state index in [1.807, 2.05) is 0 Å². The zero-order chi connectivity index (χ0) is 11.4. The van der Waals surface area contributed by atoms with Crippen molar-refractivity contribution in [1.82, 2.24) is 5.32 Å². The fourth-order valence-electron chi connectivity index (χ4n) is 0.490. The molecule has 4 N–H and O–H groups in total. The Hall–Kier alpha value is -1.31. The van der Waals surface area contributed by atoms with E-state index in [9.17, 15) is 18.0 Å². The van der Waals surface area contributed by atoms with Crippen molar-refractivity contribution >= 4 is 11.9 Å². The fourth-order valence-corrected chi connectivity index (χ4v) is 0.490. The minimum absolute atomic E-state index is 0.111. The maximum absolute atomic E-state index is 10.6. The van der Waals surface area contributed by atoms with E-state index in [2.05, 4.69) is 5.32 Å². The quantitative estimate of drug-likeness (QED) is 0.539. The number of rotatable bonds is 1. The Morgan fingerprint density at radius 1 is 1.36 bits per heavy atom. The van der Waals surface area contributed by atoms with Gasteiger partial charge in [-0.2, -0.15) is 13.2 Å². The van der Waals surface area contributed by atoms with Crippen molar-refractivity contribution < 1.29 is 27.9 Å². The number of nitrogens with one attached hydrogen (secondary N) is 1. The summed E-state index contributed by atoms with van der Waals surface area (Å²) in [6.07, 6.45) is -5.08. The second kappa shape index (κ2) is 4.80. The lowest BCUT2D eigenvalue weighted by molar-refractivity contribution is -0.192. The van der Waals surface area contributed by atoms with Gasteiger partial charge in [-0.1, -0.05) is 0 Å². The molecule has 1 aliphatic rings. The number of carbonyl (C=O) groups excluding carboxylic acids is 1. The molecule has 0 aromatic carbocycles. The van der Waals surface area contributed by atoms with Crippen molar-refractivity contribution in [3.8, 4) is 0 Å². The van der Waals surface area contributed by atoms with Gasteiger partial charge in [-0.15, -0.1) is 0 Å². The van der Waals surface area contributed by atoms with Crippen LogP contribution in [0.5, 0.6) is 0 Å². The summed E-state index contributed by atoms with van der Waals surface area (Å²) in [4.78, 5) is 19.1. The summed E-state index contributed by atoms with van der Waals surface area (Å²) in [5.74, 6) is -2.83. The number of hydrogen-bond acceptors (Lipinski definition) is 3. The van der Waals surface area contributed by atoms with Crippen molar-refractivity contribution in [2.24, 2.45) is 11.7 Å². The molecule has 82 valence electrons. The minimum atomic E-state index is -5.08. The molecule has 0 unspecified atom stereocenters. The third-order valence-corrected chi connectivity index (χ3v) is 1.43. The number of carboxylic acid groups (broad SMARTS) is 1. The van der Waals surface area contributed by atoms with Crippen molar-refractivity contribution in [1.29, 1.82) is 0 Å². The van der Waals surface area contributed by atoms with Gasteiger partial charge in [-0.05, 0) is 0 Å². The first kappa shape index (κ1) is 12.7. The number of amides is 1. The summed E-state index contributed by atoms with van der Waals surface area (Å²) in [6, 6.07) is 0. The van der Waals surface area contributed by atoms with Crippen molar-refractivity contribution in [2.45, 2.75) is 6.18 Å². The Morgan fingerprint density at radius 2 is 1.71 bits per heavy atom. The molecule has 0 aliphatic carbocycles. The number of hydrogen-bond donors (Lipinski definition) is 3. The highest BCUT2D eigenvalue weighted by atomic mass is 19.4. The lowest BCUT2D eigenvalue weighted by Crippen LogP contribution is -2.49. The number of primary amides is 1. The highest BCUT2D eigenvalue weighted by Crippen LogP contribution is 2.13. The van der Waals surface area contributed by atoms with Crippen LogP contribution >= 0.6 is 0 Å². The second-order valence-corrected chi connectivity index (χ2v) is 2.56. The molecule has 1 aliphatic heterocycles. The van der Waals surface area contributed by atoms with Crippen molar-refractivity contribution in [3.63, 3.8) is 0 Å². The number of aliphatic carboxylic acids is 1. The Bertz CT molecular complexity index is 225. The average Bonchev–Trinajstić information content (AvgIpc) is 1.79. The number of carboxylic acids is 1. The van der Waals surface area contributed by atoms with Gasteiger partial charge in [0.1, 0.15) is 0 Å². The molecule has 0 radical (unpaired) electrons. The summed E-state index contributed by atoms with van der Waals surface area (Å²) >= 11 is 0. The normalized spacial score (nSPS) is 16.2. The van der Waals surface area contributed by atoms with E-state index in [0.29, 0.717) is 0 Å². The smallest absolute Gasteiger partial charge is 0.475 e. The van der Waals surface area contributed by atoms with E-state index < -0.39 is 12.1 Å². The van der Waals surface area contributed by atoms with Gasteiger partial charge in [0.2, 0.25) is 5.91 Å². The first-order valence-electron chi connectivity index (χ1n) is 3.55. The van der Waals surface area contributed by atoms with Crippen LogP contribution in [-0.2, 0) is 9.59 Å². The summed E-state index contributed by atoms with van der Waals surface area (Å²) in [5, 5.41) is 10.1. The van der Waals surface area contributed by atoms with Crippen LogP contribution in [0.4, 0.5) is 13.2 Å². The van der Waals surface area contributed by atoms with Gasteiger partial charge in [0, 0.05) is 13.1 Å². The molecule has 1 rings (SSSR count). The monoisotopic (exact) mass is 214 g/mol. The van der Waals surface area contributed by atoms with Crippen LogP contribution in [0.15, 0.2) is 0 Å². The predicted molar refractivity (Wildman–Crippen MR) is 39.2 cm³/mol. The summed E-state index contributed by atoms with van der Waals surface area (Å²) < 4.78 is 31.7. The highest BCUT2D eigenvalue weighted by Gasteiger charge is 2.38. The molecule has 1 fully saturated rings. The van der Waals surface area contributed by atoms with Gasteiger partial charge in [0.25, 0.3) is 0 Å². The molecule has 14 heavy (non-hydrogen) atoms. The Kier molecular flexibility index (Phi) is 4.35. The molecule has 0 saturated carbocycles. The Labute approximate surface area is 77.1 Å². The predicted octanol–water partition coefficient (Wildman–Crippen LogP) is -0.676. The van der Waals surface area contributed by atoms with Gasteiger partial charge in [-0.25, -0.2) is 4.79 Å². The highest BCUT2D eigenvalue weighted by molar-refractivity contribution is 5.78. The largest absolute Gasteiger partial charge is 0.490 e. The Balaban J connectivity index is 0.000000241. The van der Waals surface area contributed by atoms with Crippen LogP contribution in [-0.4, -0.2) is 36.2 Å². The van der Waals surface area contributed by atoms with Gasteiger partial charge in [-0.3, -0.25) is 4.79 Å². The van der Waals surface area contributed by atoms with Gasteiger partial charge in [0.05, 0.1) is 5.92 Å². The molecule has 8 heteroatoms. The molecule has 0 atom stereocenters. The van der Waals surface area contributed by atoms with Crippen LogP contribution in [0.25, 0.3) is 0 Å². The first-order chi connectivity index (χ1) is 6.25. The van der Waals surface area contributed by atoms with Gasteiger partial charge < -0.3 is 16.2 Å². The van der Waals surface area contributed by atoms with E-state index >= 15 is 0 Å². The molecule has 5 nitrogen and oxygen atoms in total. The molecular weight excluding hydrogens is 205 g/mol. The average molecular weight is 214 g/mol. The second-order valence-electron chi connectivity index (χ2n) is 2.56. The van der Waals surface area contributed by atoms with E-state index in [1.54, 1.807) is 0 Å². The van der Waals surface area contributed by atoms with E-state index in [4.69, 9.17) is 15.6 Å². The summed E-state index contributed by atoms with van der Waals surface area (Å²) in [6.45, 7) is 1.55. The van der Waals surface area contributed by atoms with Crippen LogP contribution in [0, 0.1) is 5.92 Å². The molecule has 1 amide bonds. The lowest BCUT2D eigenvalue weighted by atomic mass is 10.0. The van der Waals surface area contributed by atoms with E-state index in [0.717, 1.165) is 13.1 Å². The number of alkyl halides is 3. The third-order valence-electron chi connectivity index (χ3n) is 1.43. The van der Waals surface area contributed by atoms with Crippen molar-refractivity contribution in [3.05, 3.63) is 0 Å². The zero-order valence-electron chi connectivity index (χ0n) is 6.97. The third kappa shape index (κ3) is 4.65. The lowest BCUT2D eigenvalue weighted by Gasteiger charge is -2.22. The molecule has 0 aromatic rings. The molecule has 1 heterocycles.